The Bertz CT molecular complexity index is 972. The molecule has 7 heteroatoms. The van der Waals surface area contributed by atoms with Gasteiger partial charge in [-0.15, -0.1) is 11.3 Å². The Morgan fingerprint density at radius 3 is 2.52 bits per heavy atom. The number of hydrogen-bond donors (Lipinski definition) is 2. The lowest BCUT2D eigenvalue weighted by Gasteiger charge is -2.10. The minimum absolute atomic E-state index is 0.280. The topological polar surface area (TPSA) is 50.4 Å². The highest BCUT2D eigenvalue weighted by Crippen LogP contribution is 2.30. The zero-order chi connectivity index (χ0) is 20.6. The maximum atomic E-state index is 13.0. The van der Waals surface area contributed by atoms with Gasteiger partial charge >= 0.3 is 5.97 Å². The van der Waals surface area contributed by atoms with Crippen LogP contribution in [0, 0.1) is 5.82 Å². The molecule has 0 atom stereocenters. The van der Waals surface area contributed by atoms with Gasteiger partial charge in [-0.3, -0.25) is 0 Å². The summed E-state index contributed by atoms with van der Waals surface area (Å²) in [5.74, 6) is -0.662. The van der Waals surface area contributed by atoms with Gasteiger partial charge in [0.1, 0.15) is 10.8 Å². The van der Waals surface area contributed by atoms with Crippen LogP contribution in [0.5, 0.6) is 0 Å². The number of anilines is 1. The van der Waals surface area contributed by atoms with E-state index in [1.165, 1.54) is 23.5 Å². The Morgan fingerprint density at radius 2 is 1.83 bits per heavy atom. The van der Waals surface area contributed by atoms with E-state index in [1.54, 1.807) is 19.1 Å². The van der Waals surface area contributed by atoms with Crippen LogP contribution in [0.4, 0.5) is 9.39 Å². The van der Waals surface area contributed by atoms with Crippen molar-refractivity contribution < 1.29 is 13.9 Å². The van der Waals surface area contributed by atoms with Crippen LogP contribution >= 0.6 is 23.6 Å². The van der Waals surface area contributed by atoms with Gasteiger partial charge in [0.25, 0.3) is 0 Å². The van der Waals surface area contributed by atoms with Gasteiger partial charge in [-0.1, -0.05) is 42.5 Å². The number of nitrogens with one attached hydrogen (secondary N) is 2. The van der Waals surface area contributed by atoms with Crippen molar-refractivity contribution in [2.24, 2.45) is 0 Å². The fraction of sp³-hybridized carbons (Fsp3) is 0.182. The number of benzene rings is 2. The van der Waals surface area contributed by atoms with Crippen molar-refractivity contribution in [2.45, 2.75) is 19.9 Å². The van der Waals surface area contributed by atoms with Gasteiger partial charge in [-0.2, -0.15) is 0 Å². The van der Waals surface area contributed by atoms with Crippen LogP contribution in [-0.2, 0) is 17.7 Å². The molecule has 0 aliphatic heterocycles. The van der Waals surface area contributed by atoms with Crippen molar-refractivity contribution in [3.05, 3.63) is 88.0 Å². The molecule has 1 aromatic heterocycles. The average molecular weight is 429 g/mol. The molecule has 0 fully saturated rings. The van der Waals surface area contributed by atoms with E-state index in [0.717, 1.165) is 22.4 Å². The van der Waals surface area contributed by atoms with E-state index in [0.29, 0.717) is 28.8 Å². The molecule has 0 radical (unpaired) electrons. The molecule has 0 bridgehead atoms. The van der Waals surface area contributed by atoms with Crippen LogP contribution in [0.3, 0.4) is 0 Å². The first-order valence-corrected chi connectivity index (χ1v) is 10.4. The van der Waals surface area contributed by atoms with Crippen molar-refractivity contribution in [1.82, 2.24) is 5.32 Å². The number of carbonyl (C=O) groups is 1. The van der Waals surface area contributed by atoms with Crippen LogP contribution in [0.1, 0.15) is 33.3 Å². The van der Waals surface area contributed by atoms with Crippen molar-refractivity contribution in [3.8, 4) is 0 Å². The standard InChI is InChI=1S/C22H21FN2O2S2/c1-2-27-21(26)19-13-18(12-15-6-4-3-5-7-15)29-20(19)25-22(28)24-14-16-8-10-17(23)11-9-16/h3-11,13H,2,12,14H2,1H3,(H2,24,25,28). The molecule has 1 heterocycles. The Labute approximate surface area is 178 Å². The molecular weight excluding hydrogens is 407 g/mol. The lowest BCUT2D eigenvalue weighted by molar-refractivity contribution is 0.0528. The second kappa shape index (κ2) is 10.1. The molecule has 150 valence electrons. The fourth-order valence-electron chi connectivity index (χ4n) is 2.71. The molecule has 3 rings (SSSR count). The number of rotatable bonds is 7. The SMILES string of the molecule is CCOC(=O)c1cc(Cc2ccccc2)sc1NC(=S)NCc1ccc(F)cc1. The summed E-state index contributed by atoms with van der Waals surface area (Å²) >= 11 is 6.84. The quantitative estimate of drug-likeness (QED) is 0.403. The first-order chi connectivity index (χ1) is 14.0. The summed E-state index contributed by atoms with van der Waals surface area (Å²) in [6.07, 6.45) is 0.718. The Balaban J connectivity index is 1.70. The molecule has 2 aromatic carbocycles. The molecule has 4 nitrogen and oxygen atoms in total. The molecule has 0 aliphatic rings. The molecular formula is C22H21FN2O2S2. The Kier molecular flexibility index (Phi) is 7.32. The van der Waals surface area contributed by atoms with E-state index in [9.17, 15) is 9.18 Å². The number of hydrogen-bond acceptors (Lipinski definition) is 4. The summed E-state index contributed by atoms with van der Waals surface area (Å²) in [5, 5.41) is 7.20. The molecule has 0 amide bonds. The summed E-state index contributed by atoms with van der Waals surface area (Å²) in [7, 11) is 0. The average Bonchev–Trinajstić information content (AvgIpc) is 3.10. The first kappa shape index (κ1) is 21.0. The lowest BCUT2D eigenvalue weighted by atomic mass is 10.1. The molecule has 3 aromatic rings. The number of carbonyl (C=O) groups excluding carboxylic acids is 1. The fourth-order valence-corrected chi connectivity index (χ4v) is 4.03. The van der Waals surface area contributed by atoms with Crippen molar-refractivity contribution in [2.75, 3.05) is 11.9 Å². The van der Waals surface area contributed by atoms with Crippen molar-refractivity contribution in [1.29, 1.82) is 0 Å². The monoisotopic (exact) mass is 428 g/mol. The second-order valence-corrected chi connectivity index (χ2v) is 7.82. The van der Waals surface area contributed by atoms with E-state index >= 15 is 0 Å². The van der Waals surface area contributed by atoms with E-state index < -0.39 is 0 Å². The summed E-state index contributed by atoms with van der Waals surface area (Å²) in [4.78, 5) is 13.4. The van der Waals surface area contributed by atoms with Gasteiger partial charge in [0.15, 0.2) is 5.11 Å². The Morgan fingerprint density at radius 1 is 1.10 bits per heavy atom. The van der Waals surface area contributed by atoms with Gasteiger partial charge in [-0.25, -0.2) is 9.18 Å². The predicted octanol–water partition coefficient (Wildman–Crippen LogP) is 5.14. The van der Waals surface area contributed by atoms with Gasteiger partial charge < -0.3 is 15.4 Å². The molecule has 29 heavy (non-hydrogen) atoms. The highest BCUT2D eigenvalue weighted by molar-refractivity contribution is 7.80. The minimum atomic E-state index is -0.383. The normalized spacial score (nSPS) is 10.4. The van der Waals surface area contributed by atoms with Crippen LogP contribution in [0.2, 0.25) is 0 Å². The van der Waals surface area contributed by atoms with Gasteiger partial charge in [0, 0.05) is 17.8 Å². The van der Waals surface area contributed by atoms with Gasteiger partial charge in [0.05, 0.1) is 12.2 Å². The third kappa shape index (κ3) is 6.10. The van der Waals surface area contributed by atoms with Crippen LogP contribution in [0.25, 0.3) is 0 Å². The highest BCUT2D eigenvalue weighted by atomic mass is 32.1. The maximum absolute atomic E-state index is 13.0. The Hall–Kier alpha value is -2.77. The second-order valence-electron chi connectivity index (χ2n) is 6.27. The van der Waals surface area contributed by atoms with Crippen LogP contribution in [-0.4, -0.2) is 17.7 Å². The molecule has 0 unspecified atom stereocenters. The van der Waals surface area contributed by atoms with E-state index in [1.807, 2.05) is 36.4 Å². The molecule has 0 saturated heterocycles. The number of ether oxygens (including phenoxy) is 1. The van der Waals surface area contributed by atoms with Crippen LogP contribution in [0.15, 0.2) is 60.7 Å². The minimum Gasteiger partial charge on any atom is -0.462 e. The zero-order valence-electron chi connectivity index (χ0n) is 15.9. The summed E-state index contributed by atoms with van der Waals surface area (Å²) in [5.41, 5.74) is 2.53. The van der Waals surface area contributed by atoms with Crippen molar-refractivity contribution >= 4 is 39.6 Å². The molecule has 0 saturated carbocycles. The van der Waals surface area contributed by atoms with E-state index in [-0.39, 0.29) is 11.8 Å². The predicted molar refractivity (Wildman–Crippen MR) is 119 cm³/mol. The van der Waals surface area contributed by atoms with Crippen molar-refractivity contribution in [3.63, 3.8) is 0 Å². The van der Waals surface area contributed by atoms with Gasteiger partial charge in [0.2, 0.25) is 0 Å². The highest BCUT2D eigenvalue weighted by Gasteiger charge is 2.18. The number of thiocarbonyl (C=S) groups is 1. The zero-order valence-corrected chi connectivity index (χ0v) is 17.5. The number of esters is 1. The van der Waals surface area contributed by atoms with E-state index in [4.69, 9.17) is 17.0 Å². The summed E-state index contributed by atoms with van der Waals surface area (Å²) in [6.45, 7) is 2.52. The van der Waals surface area contributed by atoms with Crippen LogP contribution < -0.4 is 10.6 Å². The molecule has 0 spiro atoms. The number of thiophene rings is 1. The third-order valence-corrected chi connectivity index (χ3v) is 5.39. The molecule has 2 N–H and O–H groups in total. The summed E-state index contributed by atoms with van der Waals surface area (Å²) < 4.78 is 18.2. The number of halogens is 1. The summed E-state index contributed by atoms with van der Waals surface area (Å²) in [6, 6.07) is 18.1. The molecule has 0 aliphatic carbocycles. The first-order valence-electron chi connectivity index (χ1n) is 9.18. The lowest BCUT2D eigenvalue weighted by Crippen LogP contribution is -2.28. The smallest absolute Gasteiger partial charge is 0.341 e. The third-order valence-electron chi connectivity index (χ3n) is 4.09. The van der Waals surface area contributed by atoms with Gasteiger partial charge in [-0.05, 0) is 48.5 Å². The maximum Gasteiger partial charge on any atom is 0.341 e. The largest absolute Gasteiger partial charge is 0.462 e. The van der Waals surface area contributed by atoms with E-state index in [2.05, 4.69) is 10.6 Å².